The van der Waals surface area contributed by atoms with Crippen LogP contribution < -0.4 is 0 Å². The van der Waals surface area contributed by atoms with Gasteiger partial charge in [0.1, 0.15) is 0 Å². The summed E-state index contributed by atoms with van der Waals surface area (Å²) in [5.41, 5.74) is 0. The van der Waals surface area contributed by atoms with Crippen LogP contribution in [0.5, 0.6) is 0 Å². The van der Waals surface area contributed by atoms with Crippen molar-refractivity contribution in [3.8, 4) is 0 Å². The van der Waals surface area contributed by atoms with E-state index in [4.69, 9.17) is 14.6 Å². The van der Waals surface area contributed by atoms with Gasteiger partial charge >= 0.3 is 0 Å². The minimum atomic E-state index is -0.833. The van der Waals surface area contributed by atoms with Gasteiger partial charge in [-0.15, -0.1) is 12.4 Å². The number of halogens is 1. The first-order valence-electron chi connectivity index (χ1n) is 3.01. The fourth-order valence-electron chi connectivity index (χ4n) is 0.510. The van der Waals surface area contributed by atoms with Crippen LogP contribution in [0.2, 0.25) is 0 Å². The first-order chi connectivity index (χ1) is 4.23. The minimum absolute atomic E-state index is 0. The number of aliphatic carboxylic acids is 1. The second-order valence-corrected chi connectivity index (χ2v) is 1.84. The smallest absolute Gasteiger partial charge is 0.300 e. The summed E-state index contributed by atoms with van der Waals surface area (Å²) in [4.78, 5) is 9.00. The number of hydrogen-bond acceptors (Lipinski definition) is 2. The molecule has 62 valence electrons. The number of carbonyl (C=O) groups is 1. The average Bonchev–Trinajstić information content (AvgIpc) is 2.11. The van der Waals surface area contributed by atoms with E-state index in [1.54, 1.807) is 0 Å². The topological polar surface area (TPSA) is 46.5 Å². The Morgan fingerprint density at radius 2 is 1.70 bits per heavy atom. The zero-order valence-electron chi connectivity index (χ0n) is 6.00. The van der Waals surface area contributed by atoms with Gasteiger partial charge in [0.25, 0.3) is 5.97 Å². The highest BCUT2D eigenvalue weighted by Gasteiger charge is 1.94. The van der Waals surface area contributed by atoms with Crippen molar-refractivity contribution < 1.29 is 14.6 Å². The fourth-order valence-corrected chi connectivity index (χ4v) is 0.510. The largest absolute Gasteiger partial charge is 0.481 e. The van der Waals surface area contributed by atoms with Gasteiger partial charge in [0.15, 0.2) is 0 Å². The number of carboxylic acids is 1. The summed E-state index contributed by atoms with van der Waals surface area (Å²) >= 11 is 0. The zero-order chi connectivity index (χ0) is 7.11. The molecular formula is C6H13ClO3. The Kier molecular flexibility index (Phi) is 10.8. The Balaban J connectivity index is 0. The van der Waals surface area contributed by atoms with Crippen molar-refractivity contribution in [2.75, 3.05) is 13.2 Å². The molecule has 0 bridgehead atoms. The third-order valence-electron chi connectivity index (χ3n) is 0.827. The molecule has 0 unspecified atom stereocenters. The molecule has 4 heteroatoms. The molecule has 1 heterocycles. The molecule has 10 heavy (non-hydrogen) atoms. The Morgan fingerprint density at radius 3 is 1.80 bits per heavy atom. The van der Waals surface area contributed by atoms with E-state index in [9.17, 15) is 0 Å². The van der Waals surface area contributed by atoms with E-state index < -0.39 is 5.97 Å². The van der Waals surface area contributed by atoms with Crippen LogP contribution in [-0.2, 0) is 9.53 Å². The molecular weight excluding hydrogens is 156 g/mol. The average molecular weight is 169 g/mol. The van der Waals surface area contributed by atoms with Crippen molar-refractivity contribution in [2.45, 2.75) is 19.8 Å². The molecule has 0 aromatic rings. The lowest BCUT2D eigenvalue weighted by molar-refractivity contribution is -0.134. The van der Waals surface area contributed by atoms with Crippen LogP contribution in [-0.4, -0.2) is 24.3 Å². The molecule has 0 atom stereocenters. The quantitative estimate of drug-likeness (QED) is 0.593. The SMILES string of the molecule is C1CCOC1.CC(=O)O.Cl. The van der Waals surface area contributed by atoms with Crippen LogP contribution in [0.4, 0.5) is 0 Å². The number of hydrogen-bond donors (Lipinski definition) is 1. The predicted molar refractivity (Wildman–Crippen MR) is 40.6 cm³/mol. The normalized spacial score (nSPS) is 14.5. The first kappa shape index (κ1) is 12.4. The molecule has 0 aromatic carbocycles. The van der Waals surface area contributed by atoms with Crippen molar-refractivity contribution in [1.29, 1.82) is 0 Å². The molecule has 0 radical (unpaired) electrons. The van der Waals surface area contributed by atoms with Crippen molar-refractivity contribution in [1.82, 2.24) is 0 Å². The molecule has 0 aliphatic carbocycles. The predicted octanol–water partition coefficient (Wildman–Crippen LogP) is 1.31. The Hall–Kier alpha value is -0.280. The first-order valence-corrected chi connectivity index (χ1v) is 3.01. The molecule has 1 N–H and O–H groups in total. The molecule has 0 spiro atoms. The standard InChI is InChI=1S/C4H8O.C2H4O2.ClH/c1-2-4-5-3-1;1-2(3)4;/h1-4H2;1H3,(H,3,4);1H. The molecule has 1 fully saturated rings. The summed E-state index contributed by atoms with van der Waals surface area (Å²) in [6, 6.07) is 0. The number of rotatable bonds is 0. The van der Waals surface area contributed by atoms with Crippen molar-refractivity contribution >= 4 is 18.4 Å². The number of carboxylic acid groups (broad SMARTS) is 1. The maximum atomic E-state index is 9.00. The van der Waals surface area contributed by atoms with Gasteiger partial charge in [-0.2, -0.15) is 0 Å². The number of ether oxygens (including phenoxy) is 1. The van der Waals surface area contributed by atoms with E-state index in [0.29, 0.717) is 0 Å². The van der Waals surface area contributed by atoms with Crippen molar-refractivity contribution in [3.63, 3.8) is 0 Å². The summed E-state index contributed by atoms with van der Waals surface area (Å²) in [6.07, 6.45) is 2.56. The lowest BCUT2D eigenvalue weighted by Crippen LogP contribution is -1.78. The van der Waals surface area contributed by atoms with Gasteiger partial charge in [-0.1, -0.05) is 0 Å². The van der Waals surface area contributed by atoms with E-state index in [2.05, 4.69) is 0 Å². The molecule has 0 amide bonds. The minimum Gasteiger partial charge on any atom is -0.481 e. The van der Waals surface area contributed by atoms with Gasteiger partial charge in [-0.3, -0.25) is 4.79 Å². The third-order valence-corrected chi connectivity index (χ3v) is 0.827. The fraction of sp³-hybridized carbons (Fsp3) is 0.833. The van der Waals surface area contributed by atoms with Crippen LogP contribution in [0.1, 0.15) is 19.8 Å². The van der Waals surface area contributed by atoms with Crippen LogP contribution in [0, 0.1) is 0 Å². The second kappa shape index (κ2) is 8.72. The lowest BCUT2D eigenvalue weighted by Gasteiger charge is -1.76. The molecule has 0 aromatic heterocycles. The van der Waals surface area contributed by atoms with E-state index in [0.717, 1.165) is 20.1 Å². The molecule has 1 rings (SSSR count). The summed E-state index contributed by atoms with van der Waals surface area (Å²) < 4.78 is 4.94. The van der Waals surface area contributed by atoms with Gasteiger partial charge in [0, 0.05) is 20.1 Å². The van der Waals surface area contributed by atoms with Crippen LogP contribution in [0.25, 0.3) is 0 Å². The monoisotopic (exact) mass is 168 g/mol. The maximum absolute atomic E-state index is 9.00. The lowest BCUT2D eigenvalue weighted by atomic mass is 10.4. The van der Waals surface area contributed by atoms with Gasteiger partial charge < -0.3 is 9.84 Å². The molecule has 1 aliphatic rings. The van der Waals surface area contributed by atoms with Crippen molar-refractivity contribution in [3.05, 3.63) is 0 Å². The summed E-state index contributed by atoms with van der Waals surface area (Å²) in [5.74, 6) is -0.833. The zero-order valence-corrected chi connectivity index (χ0v) is 6.82. The Labute approximate surface area is 66.8 Å². The van der Waals surface area contributed by atoms with Gasteiger partial charge in [-0.05, 0) is 12.8 Å². The highest BCUT2D eigenvalue weighted by atomic mass is 35.5. The molecule has 0 saturated carbocycles. The molecule has 3 nitrogen and oxygen atoms in total. The van der Waals surface area contributed by atoms with Crippen LogP contribution in [0.3, 0.4) is 0 Å². The van der Waals surface area contributed by atoms with Gasteiger partial charge in [0.05, 0.1) is 0 Å². The Bertz CT molecular complexity index is 69.5. The van der Waals surface area contributed by atoms with Crippen LogP contribution >= 0.6 is 12.4 Å². The third kappa shape index (κ3) is 15.6. The van der Waals surface area contributed by atoms with E-state index >= 15 is 0 Å². The van der Waals surface area contributed by atoms with Gasteiger partial charge in [-0.25, -0.2) is 0 Å². The van der Waals surface area contributed by atoms with E-state index in [-0.39, 0.29) is 12.4 Å². The summed E-state index contributed by atoms with van der Waals surface area (Å²) in [5, 5.41) is 7.42. The highest BCUT2D eigenvalue weighted by molar-refractivity contribution is 5.85. The maximum Gasteiger partial charge on any atom is 0.300 e. The van der Waals surface area contributed by atoms with E-state index in [1.807, 2.05) is 0 Å². The molecule has 1 aliphatic heterocycles. The van der Waals surface area contributed by atoms with Gasteiger partial charge in [0.2, 0.25) is 0 Å². The Morgan fingerprint density at radius 1 is 1.40 bits per heavy atom. The summed E-state index contributed by atoms with van der Waals surface area (Å²) in [7, 11) is 0. The second-order valence-electron chi connectivity index (χ2n) is 1.84. The summed E-state index contributed by atoms with van der Waals surface area (Å²) in [6.45, 7) is 3.08. The molecule has 1 saturated heterocycles. The highest BCUT2D eigenvalue weighted by Crippen LogP contribution is 1.98. The van der Waals surface area contributed by atoms with Crippen molar-refractivity contribution in [2.24, 2.45) is 0 Å². The van der Waals surface area contributed by atoms with Crippen LogP contribution in [0.15, 0.2) is 0 Å². The van der Waals surface area contributed by atoms with E-state index in [1.165, 1.54) is 12.8 Å².